The molecule has 0 spiro atoms. The zero-order valence-corrected chi connectivity index (χ0v) is 9.68. The van der Waals surface area contributed by atoms with Gasteiger partial charge in [0.2, 0.25) is 0 Å². The quantitative estimate of drug-likeness (QED) is 0.797. The normalized spacial score (nSPS) is 12.9. The lowest BCUT2D eigenvalue weighted by molar-refractivity contribution is -0.119. The highest BCUT2D eigenvalue weighted by Gasteiger charge is 2.25. The molecule has 1 unspecified atom stereocenters. The first-order chi connectivity index (χ1) is 6.93. The smallest absolute Gasteiger partial charge is 0.146 e. The third-order valence-corrected chi connectivity index (χ3v) is 2.44. The van der Waals surface area contributed by atoms with Gasteiger partial charge in [-0.15, -0.1) is 0 Å². The molecule has 0 saturated heterocycles. The number of halogens is 2. The maximum Gasteiger partial charge on any atom is 0.146 e. The van der Waals surface area contributed by atoms with E-state index in [2.05, 4.69) is 4.98 Å². The van der Waals surface area contributed by atoms with Crippen molar-refractivity contribution >= 4 is 17.4 Å². The Morgan fingerprint density at radius 1 is 1.53 bits per heavy atom. The van der Waals surface area contributed by atoms with Crippen LogP contribution in [0.25, 0.3) is 0 Å². The Morgan fingerprint density at radius 3 is 2.53 bits per heavy atom. The topological polar surface area (TPSA) is 30.0 Å². The Kier molecular flexibility index (Phi) is 3.80. The van der Waals surface area contributed by atoms with Gasteiger partial charge in [-0.3, -0.25) is 9.78 Å². The number of carbonyl (C=O) groups excluding carboxylic acids is 1. The number of hydrogen-bond donors (Lipinski definition) is 0. The van der Waals surface area contributed by atoms with Crippen molar-refractivity contribution < 1.29 is 9.18 Å². The van der Waals surface area contributed by atoms with E-state index in [1.165, 1.54) is 19.2 Å². The molecular formula is C11H13ClFNO. The summed E-state index contributed by atoms with van der Waals surface area (Å²) in [4.78, 5) is 15.3. The highest BCUT2D eigenvalue weighted by molar-refractivity contribution is 6.30. The van der Waals surface area contributed by atoms with Crippen molar-refractivity contribution in [3.63, 3.8) is 0 Å². The number of ketones is 1. The molecule has 82 valence electrons. The standard InChI is InChI=1S/C11H13ClFNO/c1-6(2)10(7(3)15)11-9(13)4-8(12)5-14-11/h4-6,10H,1-3H3. The number of pyridine rings is 1. The molecule has 1 heterocycles. The molecule has 0 fully saturated rings. The number of rotatable bonds is 3. The van der Waals surface area contributed by atoms with E-state index in [1.54, 1.807) is 0 Å². The summed E-state index contributed by atoms with van der Waals surface area (Å²) < 4.78 is 13.5. The van der Waals surface area contributed by atoms with Gasteiger partial charge < -0.3 is 0 Å². The van der Waals surface area contributed by atoms with Crippen LogP contribution in [0.1, 0.15) is 32.4 Å². The van der Waals surface area contributed by atoms with Gasteiger partial charge in [0, 0.05) is 6.20 Å². The van der Waals surface area contributed by atoms with Gasteiger partial charge in [-0.2, -0.15) is 0 Å². The number of aromatic nitrogens is 1. The minimum Gasteiger partial charge on any atom is -0.299 e. The summed E-state index contributed by atoms with van der Waals surface area (Å²) in [6, 6.07) is 1.18. The van der Waals surface area contributed by atoms with Crippen LogP contribution in [0.5, 0.6) is 0 Å². The molecule has 1 atom stereocenters. The van der Waals surface area contributed by atoms with E-state index < -0.39 is 11.7 Å². The van der Waals surface area contributed by atoms with Gasteiger partial charge in [-0.05, 0) is 18.9 Å². The van der Waals surface area contributed by atoms with Crippen LogP contribution in [-0.2, 0) is 4.79 Å². The Labute approximate surface area is 93.5 Å². The van der Waals surface area contributed by atoms with Gasteiger partial charge in [0.15, 0.2) is 0 Å². The van der Waals surface area contributed by atoms with Gasteiger partial charge >= 0.3 is 0 Å². The molecule has 1 rings (SSSR count). The lowest BCUT2D eigenvalue weighted by atomic mass is 9.88. The van der Waals surface area contributed by atoms with Gasteiger partial charge in [0.1, 0.15) is 11.6 Å². The van der Waals surface area contributed by atoms with E-state index in [4.69, 9.17) is 11.6 Å². The molecule has 0 aliphatic rings. The predicted octanol–water partition coefficient (Wildman–Crippen LogP) is 3.20. The number of hydrogen-bond acceptors (Lipinski definition) is 2. The van der Waals surface area contributed by atoms with Crippen LogP contribution in [-0.4, -0.2) is 10.8 Å². The predicted molar refractivity (Wildman–Crippen MR) is 57.5 cm³/mol. The molecule has 15 heavy (non-hydrogen) atoms. The summed E-state index contributed by atoms with van der Waals surface area (Å²) in [6.07, 6.45) is 1.36. The van der Waals surface area contributed by atoms with Crippen LogP contribution >= 0.6 is 11.6 Å². The summed E-state index contributed by atoms with van der Waals surface area (Å²) >= 11 is 5.59. The lowest BCUT2D eigenvalue weighted by Gasteiger charge is -2.17. The molecule has 0 aliphatic heterocycles. The molecule has 2 nitrogen and oxygen atoms in total. The molecule has 4 heteroatoms. The van der Waals surface area contributed by atoms with E-state index in [0.717, 1.165) is 0 Å². The minimum atomic E-state index is -0.517. The van der Waals surface area contributed by atoms with Crippen LogP contribution in [0.2, 0.25) is 5.02 Å². The summed E-state index contributed by atoms with van der Waals surface area (Å²) in [5, 5.41) is 0.238. The monoisotopic (exact) mass is 229 g/mol. The minimum absolute atomic E-state index is 0.0191. The first-order valence-electron chi connectivity index (χ1n) is 4.75. The molecule has 1 aromatic rings. The molecule has 0 N–H and O–H groups in total. The maximum atomic E-state index is 13.5. The fourth-order valence-corrected chi connectivity index (χ4v) is 1.78. The second-order valence-corrected chi connectivity index (χ2v) is 4.29. The second kappa shape index (κ2) is 4.71. The highest BCUT2D eigenvalue weighted by Crippen LogP contribution is 2.26. The zero-order chi connectivity index (χ0) is 11.6. The summed E-state index contributed by atoms with van der Waals surface area (Å²) in [5.41, 5.74) is 0.182. The van der Waals surface area contributed by atoms with Crippen molar-refractivity contribution in [1.82, 2.24) is 4.98 Å². The molecular weight excluding hydrogens is 217 g/mol. The van der Waals surface area contributed by atoms with Crippen molar-refractivity contribution in [3.8, 4) is 0 Å². The van der Waals surface area contributed by atoms with Crippen molar-refractivity contribution in [2.45, 2.75) is 26.7 Å². The van der Waals surface area contributed by atoms with Crippen molar-refractivity contribution in [3.05, 3.63) is 28.8 Å². The number of nitrogens with zero attached hydrogens (tertiary/aromatic N) is 1. The largest absolute Gasteiger partial charge is 0.299 e. The fraction of sp³-hybridized carbons (Fsp3) is 0.455. The van der Waals surface area contributed by atoms with E-state index in [9.17, 15) is 9.18 Å². The first-order valence-corrected chi connectivity index (χ1v) is 5.12. The zero-order valence-electron chi connectivity index (χ0n) is 8.92. The lowest BCUT2D eigenvalue weighted by Crippen LogP contribution is -2.18. The fourth-order valence-electron chi connectivity index (χ4n) is 1.63. The van der Waals surface area contributed by atoms with Crippen molar-refractivity contribution in [2.24, 2.45) is 5.92 Å². The van der Waals surface area contributed by atoms with Crippen LogP contribution in [0.15, 0.2) is 12.3 Å². The second-order valence-electron chi connectivity index (χ2n) is 3.85. The van der Waals surface area contributed by atoms with Crippen LogP contribution in [0.3, 0.4) is 0 Å². The van der Waals surface area contributed by atoms with E-state index in [-0.39, 0.29) is 22.4 Å². The summed E-state index contributed by atoms with van der Waals surface area (Å²) in [6.45, 7) is 5.17. The average molecular weight is 230 g/mol. The van der Waals surface area contributed by atoms with E-state index >= 15 is 0 Å². The molecule has 0 bridgehead atoms. The summed E-state index contributed by atoms with van der Waals surface area (Å²) in [5.74, 6) is -1.08. The van der Waals surface area contributed by atoms with E-state index in [0.29, 0.717) is 0 Å². The molecule has 0 saturated carbocycles. The van der Waals surface area contributed by atoms with Gasteiger partial charge in [-0.25, -0.2) is 4.39 Å². The highest BCUT2D eigenvalue weighted by atomic mass is 35.5. The molecule has 0 aliphatic carbocycles. The van der Waals surface area contributed by atoms with Crippen LogP contribution in [0.4, 0.5) is 4.39 Å². The Hall–Kier alpha value is -0.960. The van der Waals surface area contributed by atoms with E-state index in [1.807, 2.05) is 13.8 Å². The Morgan fingerprint density at radius 2 is 2.13 bits per heavy atom. The van der Waals surface area contributed by atoms with Crippen molar-refractivity contribution in [2.75, 3.05) is 0 Å². The molecule has 0 radical (unpaired) electrons. The maximum absolute atomic E-state index is 13.5. The molecule has 0 aromatic carbocycles. The van der Waals surface area contributed by atoms with Crippen molar-refractivity contribution in [1.29, 1.82) is 0 Å². The number of carbonyl (C=O) groups is 1. The molecule has 1 aromatic heterocycles. The average Bonchev–Trinajstić information content (AvgIpc) is 2.08. The Balaban J connectivity index is 3.17. The van der Waals surface area contributed by atoms with Crippen LogP contribution in [0, 0.1) is 11.7 Å². The third kappa shape index (κ3) is 2.75. The van der Waals surface area contributed by atoms with Gasteiger partial charge in [0.05, 0.1) is 16.6 Å². The van der Waals surface area contributed by atoms with Crippen LogP contribution < -0.4 is 0 Å². The SMILES string of the molecule is CC(=O)C(c1ncc(Cl)cc1F)C(C)C. The van der Waals surface area contributed by atoms with Gasteiger partial charge in [0.25, 0.3) is 0 Å². The third-order valence-electron chi connectivity index (χ3n) is 2.24. The Bertz CT molecular complexity index is 379. The van der Waals surface area contributed by atoms with Gasteiger partial charge in [-0.1, -0.05) is 25.4 Å². The molecule has 0 amide bonds. The number of Topliss-reactive ketones (excluding diaryl/α,β-unsaturated/α-hetero) is 1. The first kappa shape index (κ1) is 12.1. The summed E-state index contributed by atoms with van der Waals surface area (Å²) in [7, 11) is 0.